The van der Waals surface area contributed by atoms with Crippen molar-refractivity contribution in [2.45, 2.75) is 32.0 Å². The van der Waals surface area contributed by atoms with Crippen molar-refractivity contribution in [3.8, 4) is 0 Å². The van der Waals surface area contributed by atoms with Crippen LogP contribution in [0.5, 0.6) is 0 Å². The van der Waals surface area contributed by atoms with Gasteiger partial charge in [0, 0.05) is 30.2 Å². The zero-order valence-corrected chi connectivity index (χ0v) is 17.9. The fraction of sp³-hybridized carbons (Fsp3) is 0.333. The van der Waals surface area contributed by atoms with Crippen LogP contribution in [0.2, 0.25) is 0 Å². The lowest BCUT2D eigenvalue weighted by molar-refractivity contribution is 0.0953. The summed E-state index contributed by atoms with van der Waals surface area (Å²) in [5, 5.41) is 13.4. The summed E-state index contributed by atoms with van der Waals surface area (Å²) in [4.78, 5) is 25.1. The Labute approximate surface area is 178 Å². The highest BCUT2D eigenvalue weighted by Gasteiger charge is 2.14. The Hall–Kier alpha value is -3.07. The van der Waals surface area contributed by atoms with Crippen molar-refractivity contribution < 1.29 is 4.79 Å². The third-order valence-corrected chi connectivity index (χ3v) is 5.46. The molecule has 0 saturated carbocycles. The fourth-order valence-corrected chi connectivity index (χ4v) is 3.87. The number of para-hydroxylation sites is 1. The average Bonchev–Trinajstić information content (AvgIpc) is 3.37. The molecule has 3 heterocycles. The zero-order chi connectivity index (χ0) is 20.9. The van der Waals surface area contributed by atoms with Crippen LogP contribution in [0.15, 0.2) is 41.8 Å². The van der Waals surface area contributed by atoms with Gasteiger partial charge in [-0.1, -0.05) is 43.8 Å². The number of hydrogen-bond donors (Lipinski definition) is 3. The van der Waals surface area contributed by atoms with Crippen LogP contribution in [0.1, 0.15) is 30.6 Å². The summed E-state index contributed by atoms with van der Waals surface area (Å²) in [5.41, 5.74) is 2.37. The van der Waals surface area contributed by atoms with Crippen LogP contribution in [0.25, 0.3) is 21.9 Å². The van der Waals surface area contributed by atoms with E-state index in [2.05, 4.69) is 44.5 Å². The summed E-state index contributed by atoms with van der Waals surface area (Å²) >= 11 is 1.60. The van der Waals surface area contributed by atoms with Gasteiger partial charge in [-0.2, -0.15) is 5.10 Å². The third-order valence-electron chi connectivity index (χ3n) is 4.73. The van der Waals surface area contributed by atoms with Crippen LogP contribution in [0.4, 0.5) is 5.82 Å². The molecule has 0 radical (unpaired) electrons. The van der Waals surface area contributed by atoms with Crippen molar-refractivity contribution in [2.75, 3.05) is 24.2 Å². The quantitative estimate of drug-likeness (QED) is 0.281. The van der Waals surface area contributed by atoms with Gasteiger partial charge < -0.3 is 15.6 Å². The highest BCUT2D eigenvalue weighted by atomic mass is 32.2. The third kappa shape index (κ3) is 4.11. The number of nitrogens with zero attached hydrogens (tertiary/aromatic N) is 4. The van der Waals surface area contributed by atoms with E-state index in [1.165, 1.54) is 0 Å². The van der Waals surface area contributed by atoms with Gasteiger partial charge in [0.1, 0.15) is 5.82 Å². The molecule has 0 saturated heterocycles. The first-order valence-corrected chi connectivity index (χ1v) is 11.1. The Morgan fingerprint density at radius 3 is 2.87 bits per heavy atom. The maximum Gasteiger partial charge on any atom is 0.253 e. The van der Waals surface area contributed by atoms with E-state index in [1.807, 2.05) is 28.9 Å². The second-order valence-electron chi connectivity index (χ2n) is 6.82. The molecule has 4 aromatic rings. The number of rotatable bonds is 9. The molecule has 0 aliphatic heterocycles. The van der Waals surface area contributed by atoms with Gasteiger partial charge in [-0.3, -0.25) is 4.79 Å². The van der Waals surface area contributed by atoms with Crippen molar-refractivity contribution in [1.82, 2.24) is 30.0 Å². The Morgan fingerprint density at radius 2 is 2.03 bits per heavy atom. The number of aromatic amines is 1. The van der Waals surface area contributed by atoms with Gasteiger partial charge in [0.2, 0.25) is 0 Å². The second kappa shape index (κ2) is 9.17. The summed E-state index contributed by atoms with van der Waals surface area (Å²) in [6.45, 7) is 6.02. The first-order chi connectivity index (χ1) is 14.7. The maximum absolute atomic E-state index is 12.6. The number of carbonyl (C=O) groups is 1. The zero-order valence-electron chi connectivity index (χ0n) is 17.1. The molecule has 4 rings (SSSR count). The van der Waals surface area contributed by atoms with Crippen molar-refractivity contribution in [3.05, 3.63) is 42.2 Å². The smallest absolute Gasteiger partial charge is 0.253 e. The summed E-state index contributed by atoms with van der Waals surface area (Å²) in [5.74, 6) is 1.60. The summed E-state index contributed by atoms with van der Waals surface area (Å²) in [6, 6.07) is 7.77. The molecular weight excluding hydrogens is 398 g/mol. The van der Waals surface area contributed by atoms with Gasteiger partial charge in [-0.05, 0) is 18.2 Å². The van der Waals surface area contributed by atoms with Gasteiger partial charge in [-0.25, -0.2) is 14.6 Å². The number of fused-ring (bicyclic) bond motifs is 2. The molecule has 0 fully saturated rings. The van der Waals surface area contributed by atoms with Crippen LogP contribution in [-0.4, -0.2) is 49.5 Å². The Bertz CT molecular complexity index is 1170. The predicted octanol–water partition coefficient (Wildman–Crippen LogP) is 3.67. The standard InChI is InChI=1S/C21H25N7OS/c1-3-9-22-18-16-13-25-28(19(16)27-21(26-18)30-4-2)11-10-23-20(29)15-12-24-17-8-6-5-7-14(15)17/h5-8,12-13,24H,3-4,9-11H2,1-2H3,(H,23,29)(H,22,26,27). The first kappa shape index (κ1) is 20.2. The van der Waals surface area contributed by atoms with Crippen LogP contribution < -0.4 is 10.6 Å². The highest BCUT2D eigenvalue weighted by molar-refractivity contribution is 7.99. The van der Waals surface area contributed by atoms with Crippen LogP contribution >= 0.6 is 11.8 Å². The number of amides is 1. The molecule has 0 unspecified atom stereocenters. The lowest BCUT2D eigenvalue weighted by Crippen LogP contribution is -2.27. The topological polar surface area (TPSA) is 101 Å². The van der Waals surface area contributed by atoms with E-state index in [0.717, 1.165) is 51.6 Å². The molecule has 9 heteroatoms. The monoisotopic (exact) mass is 423 g/mol. The van der Waals surface area contributed by atoms with Crippen molar-refractivity contribution >= 4 is 45.4 Å². The van der Waals surface area contributed by atoms with Crippen molar-refractivity contribution in [3.63, 3.8) is 0 Å². The second-order valence-corrected chi connectivity index (χ2v) is 8.05. The molecular formula is C21H25N7OS. The van der Waals surface area contributed by atoms with Gasteiger partial charge in [0.05, 0.1) is 23.7 Å². The number of thioether (sulfide) groups is 1. The molecule has 0 aliphatic carbocycles. The van der Waals surface area contributed by atoms with Gasteiger partial charge in [-0.15, -0.1) is 0 Å². The lowest BCUT2D eigenvalue weighted by Gasteiger charge is -2.09. The van der Waals surface area contributed by atoms with E-state index in [-0.39, 0.29) is 5.91 Å². The van der Waals surface area contributed by atoms with Crippen molar-refractivity contribution in [2.24, 2.45) is 0 Å². The molecule has 3 N–H and O–H groups in total. The van der Waals surface area contributed by atoms with E-state index in [0.29, 0.717) is 18.7 Å². The van der Waals surface area contributed by atoms with Crippen LogP contribution in [-0.2, 0) is 6.54 Å². The molecule has 0 atom stereocenters. The number of aromatic nitrogens is 5. The number of nitrogens with one attached hydrogen (secondary N) is 3. The molecule has 8 nitrogen and oxygen atoms in total. The lowest BCUT2D eigenvalue weighted by atomic mass is 10.1. The maximum atomic E-state index is 12.6. The first-order valence-electron chi connectivity index (χ1n) is 10.2. The molecule has 0 bridgehead atoms. The van der Waals surface area contributed by atoms with Gasteiger partial charge in [0.25, 0.3) is 5.91 Å². The Balaban J connectivity index is 1.49. The molecule has 1 amide bonds. The Morgan fingerprint density at radius 1 is 1.17 bits per heavy atom. The molecule has 0 aliphatic rings. The van der Waals surface area contributed by atoms with E-state index in [4.69, 9.17) is 0 Å². The van der Waals surface area contributed by atoms with E-state index < -0.39 is 0 Å². The predicted molar refractivity (Wildman–Crippen MR) is 121 cm³/mol. The average molecular weight is 424 g/mol. The molecule has 0 spiro atoms. The summed E-state index contributed by atoms with van der Waals surface area (Å²) < 4.78 is 1.82. The molecule has 3 aromatic heterocycles. The van der Waals surface area contributed by atoms with Crippen LogP contribution in [0.3, 0.4) is 0 Å². The normalized spacial score (nSPS) is 11.3. The number of hydrogen-bond acceptors (Lipinski definition) is 6. The SMILES string of the molecule is CCCNc1nc(SCC)nc2c1cnn2CCNC(=O)c1c[nH]c2ccccc12. The highest BCUT2D eigenvalue weighted by Crippen LogP contribution is 2.24. The number of H-pyrrole nitrogens is 1. The minimum atomic E-state index is -0.105. The molecule has 156 valence electrons. The number of anilines is 1. The van der Waals surface area contributed by atoms with Gasteiger partial charge in [0.15, 0.2) is 10.8 Å². The van der Waals surface area contributed by atoms with E-state index >= 15 is 0 Å². The summed E-state index contributed by atoms with van der Waals surface area (Å²) in [6.07, 6.45) is 4.54. The number of carbonyl (C=O) groups excluding carboxylic acids is 1. The largest absolute Gasteiger partial charge is 0.369 e. The van der Waals surface area contributed by atoms with E-state index in [1.54, 1.807) is 24.2 Å². The minimum Gasteiger partial charge on any atom is -0.369 e. The Kier molecular flexibility index (Phi) is 6.18. The van der Waals surface area contributed by atoms with Crippen LogP contribution in [0, 0.1) is 0 Å². The van der Waals surface area contributed by atoms with Crippen molar-refractivity contribution in [1.29, 1.82) is 0 Å². The number of benzene rings is 1. The summed E-state index contributed by atoms with van der Waals surface area (Å²) in [7, 11) is 0. The molecule has 30 heavy (non-hydrogen) atoms. The van der Waals surface area contributed by atoms with Gasteiger partial charge >= 0.3 is 0 Å². The van der Waals surface area contributed by atoms with E-state index in [9.17, 15) is 4.79 Å². The molecule has 1 aromatic carbocycles. The fourth-order valence-electron chi connectivity index (χ4n) is 3.30. The minimum absolute atomic E-state index is 0.105.